The van der Waals surface area contributed by atoms with Crippen LogP contribution < -0.4 is 10.1 Å². The molecule has 0 heterocycles. The minimum Gasteiger partial charge on any atom is -0.457 e. The number of hydrogen-bond donors (Lipinski definition) is 1. The van der Waals surface area contributed by atoms with Gasteiger partial charge in [0.2, 0.25) is 12.0 Å². The summed E-state index contributed by atoms with van der Waals surface area (Å²) in [6, 6.07) is 15.7. The van der Waals surface area contributed by atoms with Crippen LogP contribution in [0.15, 0.2) is 59.1 Å². The molecule has 1 N–H and O–H groups in total. The minimum atomic E-state index is -1.10. The van der Waals surface area contributed by atoms with Crippen molar-refractivity contribution in [3.05, 3.63) is 64.7 Å². The highest BCUT2D eigenvalue weighted by molar-refractivity contribution is 6.55. The molecule has 0 saturated carbocycles. The van der Waals surface area contributed by atoms with Crippen LogP contribution in [0.3, 0.4) is 0 Å². The number of carbonyl (C=O) groups is 2. The maximum absolute atomic E-state index is 12.9. The fourth-order valence-electron chi connectivity index (χ4n) is 3.45. The summed E-state index contributed by atoms with van der Waals surface area (Å²) in [5.74, 6) is -0.483. The van der Waals surface area contributed by atoms with Gasteiger partial charge in [0.1, 0.15) is 22.1 Å². The number of nitrogens with zero attached hydrogens (tertiary/aromatic N) is 1. The molecule has 0 bridgehead atoms. The first-order valence-electron chi connectivity index (χ1n) is 10.4. The molecule has 3 unspecified atom stereocenters. The Morgan fingerprint density at radius 1 is 1.06 bits per heavy atom. The van der Waals surface area contributed by atoms with Crippen LogP contribution in [0, 0.1) is 29.1 Å². The van der Waals surface area contributed by atoms with E-state index in [1.807, 2.05) is 26.8 Å². The molecule has 0 fully saturated rings. The first-order chi connectivity index (χ1) is 15.6. The quantitative estimate of drug-likeness (QED) is 0.393. The average Bonchev–Trinajstić information content (AvgIpc) is 2.72. The van der Waals surface area contributed by atoms with E-state index in [0.717, 1.165) is 0 Å². The Morgan fingerprint density at radius 2 is 1.73 bits per heavy atom. The molecule has 3 atom stereocenters. The zero-order chi connectivity index (χ0) is 24.5. The summed E-state index contributed by atoms with van der Waals surface area (Å²) >= 11 is 11.5. The summed E-state index contributed by atoms with van der Waals surface area (Å²) in [6.45, 7) is 7.04. The minimum absolute atomic E-state index is 0.0501. The van der Waals surface area contributed by atoms with Crippen molar-refractivity contribution in [2.24, 2.45) is 17.8 Å². The highest BCUT2D eigenvalue weighted by Crippen LogP contribution is 2.31. The second-order valence-corrected chi connectivity index (χ2v) is 8.92. The van der Waals surface area contributed by atoms with E-state index in [4.69, 9.17) is 32.7 Å². The van der Waals surface area contributed by atoms with Crippen LogP contribution in [0.4, 0.5) is 5.69 Å². The zero-order valence-electron chi connectivity index (χ0n) is 18.8. The molecule has 0 aliphatic carbocycles. The lowest BCUT2D eigenvalue weighted by molar-refractivity contribution is -0.155. The summed E-state index contributed by atoms with van der Waals surface area (Å²) in [5, 5.41) is 12.3. The SMILES string of the molecule is CC(=O)Nc1ccc(Oc2cccc(C(C#N)OC(=O)C(C(C)C)C(C)C=C(Cl)Cl)c2)cc1. The van der Waals surface area contributed by atoms with Crippen molar-refractivity contribution in [2.45, 2.75) is 33.8 Å². The third kappa shape index (κ3) is 8.12. The monoisotopic (exact) mass is 488 g/mol. The Hall–Kier alpha value is -3.01. The smallest absolute Gasteiger partial charge is 0.311 e. The second kappa shape index (κ2) is 12.3. The molecule has 174 valence electrons. The lowest BCUT2D eigenvalue weighted by Gasteiger charge is -2.25. The molecule has 0 saturated heterocycles. The van der Waals surface area contributed by atoms with Gasteiger partial charge in [-0.3, -0.25) is 9.59 Å². The predicted octanol–water partition coefficient (Wildman–Crippen LogP) is 6.77. The molecule has 0 radical (unpaired) electrons. The number of benzene rings is 2. The van der Waals surface area contributed by atoms with E-state index >= 15 is 0 Å². The van der Waals surface area contributed by atoms with E-state index in [1.54, 1.807) is 54.6 Å². The molecule has 0 aliphatic rings. The normalized spacial score (nSPS) is 13.3. The maximum Gasteiger partial charge on any atom is 0.311 e. The van der Waals surface area contributed by atoms with Gasteiger partial charge in [0.25, 0.3) is 0 Å². The number of anilines is 1. The molecule has 2 aromatic carbocycles. The van der Waals surface area contributed by atoms with Crippen molar-refractivity contribution in [1.82, 2.24) is 0 Å². The first-order valence-corrected chi connectivity index (χ1v) is 11.1. The fourth-order valence-corrected chi connectivity index (χ4v) is 3.84. The standard InChI is InChI=1S/C25H26Cl2N2O4/c1-15(2)24(16(3)12-23(26)27)25(31)33-22(14-28)18-6-5-7-21(13-18)32-20-10-8-19(9-11-20)29-17(4)30/h5-13,15-16,22,24H,1-4H3,(H,29,30). The van der Waals surface area contributed by atoms with Gasteiger partial charge in [0.05, 0.1) is 5.92 Å². The molecule has 0 aromatic heterocycles. The molecule has 33 heavy (non-hydrogen) atoms. The van der Waals surface area contributed by atoms with Gasteiger partial charge in [-0.1, -0.05) is 62.2 Å². The fraction of sp³-hybridized carbons (Fsp3) is 0.320. The van der Waals surface area contributed by atoms with Crippen LogP contribution in [-0.4, -0.2) is 11.9 Å². The van der Waals surface area contributed by atoms with Gasteiger partial charge < -0.3 is 14.8 Å². The van der Waals surface area contributed by atoms with Crippen LogP contribution in [0.2, 0.25) is 0 Å². The van der Waals surface area contributed by atoms with E-state index in [1.165, 1.54) is 6.92 Å². The molecular formula is C25H26Cl2N2O4. The number of amides is 1. The van der Waals surface area contributed by atoms with Gasteiger partial charge in [-0.2, -0.15) is 5.26 Å². The molecule has 0 aliphatic heterocycles. The highest BCUT2D eigenvalue weighted by atomic mass is 35.5. The van der Waals surface area contributed by atoms with Crippen LogP contribution in [0.5, 0.6) is 11.5 Å². The predicted molar refractivity (Wildman–Crippen MR) is 129 cm³/mol. The molecule has 8 heteroatoms. The highest BCUT2D eigenvalue weighted by Gasteiger charge is 2.31. The van der Waals surface area contributed by atoms with Crippen molar-refractivity contribution in [3.63, 3.8) is 0 Å². The number of ether oxygens (including phenoxy) is 2. The molecule has 2 rings (SSSR count). The first kappa shape index (κ1) is 26.2. The Labute approximate surface area is 204 Å². The second-order valence-electron chi connectivity index (χ2n) is 7.91. The number of esters is 1. The summed E-state index contributed by atoms with van der Waals surface area (Å²) in [7, 11) is 0. The zero-order valence-corrected chi connectivity index (χ0v) is 20.4. The number of halogens is 2. The number of allylic oxidation sites excluding steroid dienone is 1. The van der Waals surface area contributed by atoms with Crippen LogP contribution >= 0.6 is 23.2 Å². The summed E-state index contributed by atoms with van der Waals surface area (Å²) < 4.78 is 11.5. The third-order valence-electron chi connectivity index (χ3n) is 4.87. The lowest BCUT2D eigenvalue weighted by Crippen LogP contribution is -2.29. The van der Waals surface area contributed by atoms with Crippen LogP contribution in [-0.2, 0) is 14.3 Å². The number of nitriles is 1. The van der Waals surface area contributed by atoms with Gasteiger partial charge in [-0.05, 0) is 48.2 Å². The van der Waals surface area contributed by atoms with E-state index in [0.29, 0.717) is 22.7 Å². The topological polar surface area (TPSA) is 88.4 Å². The van der Waals surface area contributed by atoms with Crippen molar-refractivity contribution in [1.29, 1.82) is 5.26 Å². The Kier molecular flexibility index (Phi) is 9.77. The van der Waals surface area contributed by atoms with Gasteiger partial charge in [-0.15, -0.1) is 0 Å². The van der Waals surface area contributed by atoms with Crippen molar-refractivity contribution >= 4 is 40.8 Å². The third-order valence-corrected chi connectivity index (χ3v) is 5.12. The lowest BCUT2D eigenvalue weighted by atomic mass is 9.84. The van der Waals surface area contributed by atoms with Crippen molar-refractivity contribution < 1.29 is 19.1 Å². The number of hydrogen-bond acceptors (Lipinski definition) is 5. The Balaban J connectivity index is 2.16. The van der Waals surface area contributed by atoms with E-state index < -0.39 is 18.0 Å². The van der Waals surface area contributed by atoms with Crippen LogP contribution in [0.1, 0.15) is 39.4 Å². The average molecular weight is 489 g/mol. The van der Waals surface area contributed by atoms with Crippen LogP contribution in [0.25, 0.3) is 0 Å². The van der Waals surface area contributed by atoms with E-state index in [-0.39, 0.29) is 22.2 Å². The van der Waals surface area contributed by atoms with Crippen molar-refractivity contribution in [2.75, 3.05) is 5.32 Å². The molecule has 1 amide bonds. The molecular weight excluding hydrogens is 463 g/mol. The Bertz CT molecular complexity index is 1040. The van der Waals surface area contributed by atoms with Crippen molar-refractivity contribution in [3.8, 4) is 17.6 Å². The molecule has 2 aromatic rings. The molecule has 0 spiro atoms. The maximum atomic E-state index is 12.9. The van der Waals surface area contributed by atoms with E-state index in [9.17, 15) is 14.9 Å². The van der Waals surface area contributed by atoms with Gasteiger partial charge in [0.15, 0.2) is 0 Å². The van der Waals surface area contributed by atoms with E-state index in [2.05, 4.69) is 5.32 Å². The number of nitrogens with one attached hydrogen (secondary N) is 1. The van der Waals surface area contributed by atoms with Gasteiger partial charge in [-0.25, -0.2) is 0 Å². The number of rotatable bonds is 9. The largest absolute Gasteiger partial charge is 0.457 e. The molecule has 6 nitrogen and oxygen atoms in total. The van der Waals surface area contributed by atoms with Gasteiger partial charge >= 0.3 is 5.97 Å². The summed E-state index contributed by atoms with van der Waals surface area (Å²) in [5.41, 5.74) is 1.14. The number of carbonyl (C=O) groups excluding carboxylic acids is 2. The Morgan fingerprint density at radius 3 is 2.27 bits per heavy atom. The summed E-state index contributed by atoms with van der Waals surface area (Å²) in [4.78, 5) is 24.0. The summed E-state index contributed by atoms with van der Waals surface area (Å²) in [6.07, 6.45) is 0.481. The van der Waals surface area contributed by atoms with Gasteiger partial charge in [0, 0.05) is 18.2 Å².